The molecule has 0 amide bonds. The van der Waals surface area contributed by atoms with Crippen molar-refractivity contribution in [3.8, 4) is 0 Å². The van der Waals surface area contributed by atoms with E-state index >= 15 is 0 Å². The van der Waals surface area contributed by atoms with Crippen molar-refractivity contribution in [3.05, 3.63) is 54.4 Å². The Kier molecular flexibility index (Phi) is 3.16. The van der Waals surface area contributed by atoms with E-state index < -0.39 is 0 Å². The van der Waals surface area contributed by atoms with Gasteiger partial charge in [-0.25, -0.2) is 9.97 Å². The van der Waals surface area contributed by atoms with Gasteiger partial charge in [-0.3, -0.25) is 4.98 Å². The van der Waals surface area contributed by atoms with Crippen LogP contribution in [0.15, 0.2) is 48.8 Å². The smallest absolute Gasteiger partial charge is 0.180 e. The van der Waals surface area contributed by atoms with Crippen molar-refractivity contribution in [2.45, 2.75) is 13.0 Å². The molecular weight excluding hydrogens is 250 g/mol. The molecule has 20 heavy (non-hydrogen) atoms. The third-order valence-electron chi connectivity index (χ3n) is 3.11. The Bertz CT molecular complexity index is 741. The number of nitrogens with two attached hydrogens (primary N) is 1. The highest BCUT2D eigenvalue weighted by atomic mass is 15.0. The maximum atomic E-state index is 5.80. The average molecular weight is 265 g/mol. The number of hydrogen-bond acceptors (Lipinski definition) is 5. The van der Waals surface area contributed by atoms with Crippen LogP contribution >= 0.6 is 0 Å². The lowest BCUT2D eigenvalue weighted by Gasteiger charge is -2.15. The topological polar surface area (TPSA) is 76.7 Å². The molecule has 5 nitrogen and oxygen atoms in total. The lowest BCUT2D eigenvalue weighted by molar-refractivity contribution is 0.876. The highest BCUT2D eigenvalue weighted by Gasteiger charge is 2.07. The highest BCUT2D eigenvalue weighted by Crippen LogP contribution is 2.20. The highest BCUT2D eigenvalue weighted by molar-refractivity contribution is 5.71. The van der Waals surface area contributed by atoms with Gasteiger partial charge >= 0.3 is 0 Å². The molecule has 0 bridgehead atoms. The first-order valence-electron chi connectivity index (χ1n) is 6.42. The Balaban J connectivity index is 1.85. The SMILES string of the molecule is CC(Nc1ccc2nccnc2n1)c1cccc(N)c1. The maximum absolute atomic E-state index is 5.80. The summed E-state index contributed by atoms with van der Waals surface area (Å²) in [6, 6.07) is 11.7. The molecule has 2 heterocycles. The van der Waals surface area contributed by atoms with Crippen LogP contribution in [0.5, 0.6) is 0 Å². The van der Waals surface area contributed by atoms with Gasteiger partial charge in [-0.05, 0) is 36.8 Å². The Labute approximate surface area is 116 Å². The molecular formula is C15H15N5. The Morgan fingerprint density at radius 3 is 2.80 bits per heavy atom. The number of nitrogen functional groups attached to an aromatic ring is 1. The number of benzene rings is 1. The van der Waals surface area contributed by atoms with Crippen LogP contribution in [0, 0.1) is 0 Å². The number of nitrogens with one attached hydrogen (secondary N) is 1. The van der Waals surface area contributed by atoms with Gasteiger partial charge in [0.2, 0.25) is 0 Å². The maximum Gasteiger partial charge on any atom is 0.180 e. The Morgan fingerprint density at radius 2 is 1.95 bits per heavy atom. The zero-order valence-electron chi connectivity index (χ0n) is 11.1. The molecule has 3 aromatic rings. The largest absolute Gasteiger partial charge is 0.399 e. The molecule has 2 aromatic heterocycles. The minimum atomic E-state index is 0.111. The fourth-order valence-corrected chi connectivity index (χ4v) is 2.07. The van der Waals surface area contributed by atoms with E-state index in [-0.39, 0.29) is 6.04 Å². The van der Waals surface area contributed by atoms with E-state index in [2.05, 4.69) is 27.2 Å². The Morgan fingerprint density at radius 1 is 1.10 bits per heavy atom. The van der Waals surface area contributed by atoms with Gasteiger partial charge in [0.25, 0.3) is 0 Å². The normalized spacial score (nSPS) is 12.2. The molecule has 3 rings (SSSR count). The van der Waals surface area contributed by atoms with Crippen LogP contribution in [0.2, 0.25) is 0 Å². The molecule has 1 atom stereocenters. The van der Waals surface area contributed by atoms with Gasteiger partial charge in [-0.1, -0.05) is 12.1 Å². The van der Waals surface area contributed by atoms with Gasteiger partial charge in [0.1, 0.15) is 11.3 Å². The minimum Gasteiger partial charge on any atom is -0.399 e. The summed E-state index contributed by atoms with van der Waals surface area (Å²) in [5, 5.41) is 3.34. The summed E-state index contributed by atoms with van der Waals surface area (Å²) in [6.45, 7) is 2.07. The zero-order chi connectivity index (χ0) is 13.9. The van der Waals surface area contributed by atoms with Crippen LogP contribution in [-0.4, -0.2) is 15.0 Å². The fourth-order valence-electron chi connectivity index (χ4n) is 2.07. The molecule has 0 saturated heterocycles. The van der Waals surface area contributed by atoms with Gasteiger partial charge in [0.15, 0.2) is 5.65 Å². The van der Waals surface area contributed by atoms with Crippen molar-refractivity contribution in [1.82, 2.24) is 15.0 Å². The first-order chi connectivity index (χ1) is 9.72. The zero-order valence-corrected chi connectivity index (χ0v) is 11.1. The summed E-state index contributed by atoms with van der Waals surface area (Å²) in [5.41, 5.74) is 9.10. The third kappa shape index (κ3) is 2.51. The summed E-state index contributed by atoms with van der Waals surface area (Å²) < 4.78 is 0. The second kappa shape index (κ2) is 5.13. The summed E-state index contributed by atoms with van der Waals surface area (Å²) >= 11 is 0. The van der Waals surface area contributed by atoms with E-state index in [0.29, 0.717) is 5.65 Å². The van der Waals surface area contributed by atoms with Gasteiger partial charge in [0, 0.05) is 18.1 Å². The van der Waals surface area contributed by atoms with E-state index in [0.717, 1.165) is 22.6 Å². The van der Waals surface area contributed by atoms with Gasteiger partial charge in [-0.2, -0.15) is 0 Å². The second-order valence-electron chi connectivity index (χ2n) is 4.63. The summed E-state index contributed by atoms with van der Waals surface area (Å²) in [4.78, 5) is 12.9. The number of anilines is 2. The van der Waals surface area contributed by atoms with Gasteiger partial charge in [-0.15, -0.1) is 0 Å². The van der Waals surface area contributed by atoms with Crippen molar-refractivity contribution in [2.24, 2.45) is 0 Å². The number of fused-ring (bicyclic) bond motifs is 1. The molecule has 0 spiro atoms. The standard InChI is InChI=1S/C15H15N5/c1-10(11-3-2-4-12(16)9-11)19-14-6-5-13-15(20-14)18-8-7-17-13/h2-10H,16H2,1H3,(H,18,19,20). The van der Waals surface area contributed by atoms with Crippen LogP contribution in [0.1, 0.15) is 18.5 Å². The predicted molar refractivity (Wildman–Crippen MR) is 80.2 cm³/mol. The Hall–Kier alpha value is -2.69. The van der Waals surface area contributed by atoms with E-state index in [9.17, 15) is 0 Å². The number of rotatable bonds is 3. The first-order valence-corrected chi connectivity index (χ1v) is 6.42. The van der Waals surface area contributed by atoms with Crippen LogP contribution in [0.25, 0.3) is 11.2 Å². The van der Waals surface area contributed by atoms with Gasteiger partial charge in [0.05, 0.1) is 6.04 Å². The summed E-state index contributed by atoms with van der Waals surface area (Å²) in [7, 11) is 0. The second-order valence-corrected chi connectivity index (χ2v) is 4.63. The number of pyridine rings is 1. The molecule has 100 valence electrons. The minimum absolute atomic E-state index is 0.111. The van der Waals surface area contributed by atoms with Crippen molar-refractivity contribution in [1.29, 1.82) is 0 Å². The van der Waals surface area contributed by atoms with Crippen molar-refractivity contribution in [3.63, 3.8) is 0 Å². The third-order valence-corrected chi connectivity index (χ3v) is 3.11. The average Bonchev–Trinajstić information content (AvgIpc) is 2.47. The lowest BCUT2D eigenvalue weighted by atomic mass is 10.1. The fraction of sp³-hybridized carbons (Fsp3) is 0.133. The molecule has 0 aliphatic rings. The molecule has 1 aromatic carbocycles. The van der Waals surface area contributed by atoms with E-state index in [4.69, 9.17) is 5.73 Å². The van der Waals surface area contributed by atoms with Crippen LogP contribution < -0.4 is 11.1 Å². The first kappa shape index (κ1) is 12.3. The molecule has 0 radical (unpaired) electrons. The number of nitrogens with zero attached hydrogens (tertiary/aromatic N) is 3. The van der Waals surface area contributed by atoms with Crippen LogP contribution in [0.3, 0.4) is 0 Å². The molecule has 3 N–H and O–H groups in total. The van der Waals surface area contributed by atoms with Crippen molar-refractivity contribution in [2.75, 3.05) is 11.1 Å². The molecule has 5 heteroatoms. The molecule has 0 fully saturated rings. The van der Waals surface area contributed by atoms with Gasteiger partial charge < -0.3 is 11.1 Å². The molecule has 0 aliphatic carbocycles. The van der Waals surface area contributed by atoms with E-state index in [1.54, 1.807) is 12.4 Å². The summed E-state index contributed by atoms with van der Waals surface area (Å²) in [6.07, 6.45) is 3.30. The molecule has 0 saturated carbocycles. The molecule has 0 aliphatic heterocycles. The van der Waals surface area contributed by atoms with Crippen LogP contribution in [-0.2, 0) is 0 Å². The van der Waals surface area contributed by atoms with Crippen molar-refractivity contribution < 1.29 is 0 Å². The van der Waals surface area contributed by atoms with Crippen LogP contribution in [0.4, 0.5) is 11.5 Å². The van der Waals surface area contributed by atoms with E-state index in [1.165, 1.54) is 0 Å². The summed E-state index contributed by atoms with van der Waals surface area (Å²) in [5.74, 6) is 0.771. The quantitative estimate of drug-likeness (QED) is 0.712. The predicted octanol–water partition coefficient (Wildman–Crippen LogP) is 2.78. The van der Waals surface area contributed by atoms with Crippen molar-refractivity contribution >= 4 is 22.7 Å². The van der Waals surface area contributed by atoms with E-state index in [1.807, 2.05) is 36.4 Å². The number of aromatic nitrogens is 3. The monoisotopic (exact) mass is 265 g/mol. The molecule has 1 unspecified atom stereocenters. The number of hydrogen-bond donors (Lipinski definition) is 2. The lowest BCUT2D eigenvalue weighted by Crippen LogP contribution is -2.08.